The summed E-state index contributed by atoms with van der Waals surface area (Å²) in [6.07, 6.45) is 2.29. The molecule has 2 aliphatic rings. The van der Waals surface area contributed by atoms with E-state index in [1.807, 2.05) is 102 Å². The number of carbonyl (C=O) groups excluding carboxylic acids is 2. The Labute approximate surface area is 316 Å². The third kappa shape index (κ3) is 8.27. The van der Waals surface area contributed by atoms with E-state index in [0.29, 0.717) is 66.4 Å². The molecule has 0 unspecified atom stereocenters. The van der Waals surface area contributed by atoms with Crippen LogP contribution in [0, 0.1) is 0 Å². The maximum atomic E-state index is 15.1. The topological polar surface area (TPSA) is 90.4 Å². The van der Waals surface area contributed by atoms with E-state index in [-0.39, 0.29) is 29.9 Å². The molecule has 0 radical (unpaired) electrons. The molecule has 272 valence electrons. The molecule has 0 bridgehead atoms. The van der Waals surface area contributed by atoms with Crippen molar-refractivity contribution in [2.45, 2.75) is 58.0 Å². The minimum Gasteiger partial charge on any atom is -0.493 e. The maximum Gasteiger partial charge on any atom is 0.326 e. The Hall–Kier alpha value is -4.44. The van der Waals surface area contributed by atoms with Crippen molar-refractivity contribution in [2.75, 3.05) is 44.6 Å². The number of aromatic nitrogens is 1. The van der Waals surface area contributed by atoms with Crippen molar-refractivity contribution in [1.29, 1.82) is 0 Å². The SMILES string of the molecule is CCOc1cc(C(C)(C)C)ncc1C1=N[C@H](c2ccc(Cl)cc2)C[C@@](C)(c2ccc(Cl)cc2)N1C(=O)N1CCN(CC(=O)Nc2ccccc2)CC1. The maximum absolute atomic E-state index is 15.1. The van der Waals surface area contributed by atoms with Crippen molar-refractivity contribution >= 4 is 46.7 Å². The van der Waals surface area contributed by atoms with Gasteiger partial charge in [-0.3, -0.25) is 24.6 Å². The smallest absolute Gasteiger partial charge is 0.326 e. The van der Waals surface area contributed by atoms with Crippen molar-refractivity contribution in [2.24, 2.45) is 4.99 Å². The van der Waals surface area contributed by atoms with Gasteiger partial charge < -0.3 is 15.0 Å². The van der Waals surface area contributed by atoms with Gasteiger partial charge >= 0.3 is 6.03 Å². The lowest BCUT2D eigenvalue weighted by molar-refractivity contribution is -0.117. The molecule has 1 N–H and O–H groups in total. The molecular weight excluding hydrogens is 695 g/mol. The minimum atomic E-state index is -0.859. The molecule has 6 rings (SSSR count). The number of carbonyl (C=O) groups is 2. The van der Waals surface area contributed by atoms with Gasteiger partial charge in [-0.15, -0.1) is 0 Å². The monoisotopic (exact) mass is 740 g/mol. The van der Waals surface area contributed by atoms with Gasteiger partial charge in [-0.2, -0.15) is 0 Å². The second-order valence-corrected chi connectivity index (χ2v) is 15.4. The number of nitrogens with one attached hydrogen (secondary N) is 1. The normalized spacial score (nSPS) is 19.6. The highest BCUT2D eigenvalue weighted by Crippen LogP contribution is 2.46. The van der Waals surface area contributed by atoms with Gasteiger partial charge in [0.1, 0.15) is 11.6 Å². The predicted octanol–water partition coefficient (Wildman–Crippen LogP) is 8.57. The fourth-order valence-electron chi connectivity index (χ4n) is 6.83. The standard InChI is InChI=1S/C41H46Cl2N6O3/c1-6-52-35-24-36(40(2,3)4)44-26-33(35)38-46-34(28-12-16-30(42)17-13-28)25-41(5,29-14-18-31(43)19-15-29)49(38)39(51)48-22-20-47(21-23-48)27-37(50)45-32-10-8-7-9-11-32/h7-19,24,26,34H,6,20-23,25,27H2,1-5H3,(H,45,50)/t34-,41-/m0/s1. The van der Waals surface area contributed by atoms with Crippen LogP contribution in [0.25, 0.3) is 0 Å². The number of amides is 3. The van der Waals surface area contributed by atoms with Gasteiger partial charge in [0, 0.05) is 71.7 Å². The summed E-state index contributed by atoms with van der Waals surface area (Å²) in [7, 11) is 0. The molecule has 3 aromatic carbocycles. The van der Waals surface area contributed by atoms with Gasteiger partial charge in [0.15, 0.2) is 0 Å². The Kier molecular flexibility index (Phi) is 11.2. The number of urea groups is 1. The van der Waals surface area contributed by atoms with E-state index in [0.717, 1.165) is 22.5 Å². The highest BCUT2D eigenvalue weighted by atomic mass is 35.5. The average molecular weight is 742 g/mol. The van der Waals surface area contributed by atoms with Crippen LogP contribution >= 0.6 is 23.2 Å². The number of anilines is 1. The van der Waals surface area contributed by atoms with Gasteiger partial charge in [-0.05, 0) is 61.4 Å². The van der Waals surface area contributed by atoms with Gasteiger partial charge in [0.05, 0.1) is 30.3 Å². The van der Waals surface area contributed by atoms with Crippen molar-refractivity contribution in [1.82, 2.24) is 19.7 Å². The first-order chi connectivity index (χ1) is 24.9. The number of rotatable bonds is 8. The third-order valence-electron chi connectivity index (χ3n) is 9.73. The number of nitrogens with zero attached hydrogens (tertiary/aromatic N) is 5. The van der Waals surface area contributed by atoms with Crippen LogP contribution in [-0.4, -0.2) is 76.8 Å². The van der Waals surface area contributed by atoms with Gasteiger partial charge in [0.25, 0.3) is 0 Å². The van der Waals surface area contributed by atoms with Gasteiger partial charge in [0.2, 0.25) is 5.91 Å². The van der Waals surface area contributed by atoms with E-state index in [4.69, 9.17) is 37.9 Å². The van der Waals surface area contributed by atoms with Crippen molar-refractivity contribution in [3.05, 3.63) is 124 Å². The van der Waals surface area contributed by atoms with E-state index in [2.05, 4.69) is 37.9 Å². The van der Waals surface area contributed by atoms with Gasteiger partial charge in [-0.1, -0.05) is 86.4 Å². The van der Waals surface area contributed by atoms with Crippen LogP contribution < -0.4 is 10.1 Å². The lowest BCUT2D eigenvalue weighted by Gasteiger charge is -2.49. The average Bonchev–Trinajstić information content (AvgIpc) is 3.12. The number of halogens is 2. The summed E-state index contributed by atoms with van der Waals surface area (Å²) in [5.74, 6) is 1.01. The molecule has 3 amide bonds. The summed E-state index contributed by atoms with van der Waals surface area (Å²) in [5, 5.41) is 4.21. The number of para-hydroxylation sites is 1. The Morgan fingerprint density at radius 1 is 0.923 bits per heavy atom. The number of benzene rings is 3. The molecule has 1 saturated heterocycles. The predicted molar refractivity (Wildman–Crippen MR) is 209 cm³/mol. The number of pyridine rings is 1. The summed E-state index contributed by atoms with van der Waals surface area (Å²) in [6.45, 7) is 13.0. The minimum absolute atomic E-state index is 0.0883. The lowest BCUT2D eigenvalue weighted by atomic mass is 9.80. The van der Waals surface area contributed by atoms with E-state index < -0.39 is 5.54 Å². The van der Waals surface area contributed by atoms with Crippen molar-refractivity contribution in [3.8, 4) is 5.75 Å². The lowest BCUT2D eigenvalue weighted by Crippen LogP contribution is -2.61. The van der Waals surface area contributed by atoms with Crippen LogP contribution in [0.4, 0.5) is 10.5 Å². The molecule has 1 fully saturated rings. The zero-order valence-corrected chi connectivity index (χ0v) is 31.9. The summed E-state index contributed by atoms with van der Waals surface area (Å²) < 4.78 is 6.29. The molecule has 3 heterocycles. The number of hydrogen-bond acceptors (Lipinski definition) is 6. The van der Waals surface area contributed by atoms with Crippen molar-refractivity contribution in [3.63, 3.8) is 0 Å². The molecule has 0 aliphatic carbocycles. The quantitative estimate of drug-likeness (QED) is 0.196. The first-order valence-electron chi connectivity index (χ1n) is 17.7. The molecule has 52 heavy (non-hydrogen) atoms. The molecule has 0 spiro atoms. The van der Waals surface area contributed by atoms with Gasteiger partial charge in [-0.25, -0.2) is 4.79 Å². The molecular formula is C41H46Cl2N6O3. The first-order valence-corrected chi connectivity index (χ1v) is 18.5. The van der Waals surface area contributed by atoms with Crippen LogP contribution in [0.15, 0.2) is 96.1 Å². The Morgan fingerprint density at radius 3 is 2.17 bits per heavy atom. The van der Waals surface area contributed by atoms with E-state index in [9.17, 15) is 4.79 Å². The molecule has 2 atom stereocenters. The van der Waals surface area contributed by atoms with Crippen LogP contribution in [-0.2, 0) is 15.7 Å². The molecule has 9 nitrogen and oxygen atoms in total. The summed E-state index contributed by atoms with van der Waals surface area (Å²) in [4.78, 5) is 44.0. The second kappa shape index (κ2) is 15.7. The number of amidine groups is 1. The summed E-state index contributed by atoms with van der Waals surface area (Å²) in [6, 6.07) is 26.3. The molecule has 11 heteroatoms. The van der Waals surface area contributed by atoms with Crippen LogP contribution in [0.3, 0.4) is 0 Å². The van der Waals surface area contributed by atoms with Crippen LogP contribution in [0.2, 0.25) is 10.0 Å². The fourth-order valence-corrected chi connectivity index (χ4v) is 7.08. The number of aliphatic imine (C=N–C) groups is 1. The zero-order chi connectivity index (χ0) is 37.0. The largest absolute Gasteiger partial charge is 0.493 e. The number of piperazine rings is 1. The number of hydrogen-bond donors (Lipinski definition) is 1. The highest BCUT2D eigenvalue weighted by Gasteiger charge is 2.48. The van der Waals surface area contributed by atoms with Crippen LogP contribution in [0.1, 0.15) is 69.5 Å². The van der Waals surface area contributed by atoms with Crippen molar-refractivity contribution < 1.29 is 14.3 Å². The summed E-state index contributed by atoms with van der Waals surface area (Å²) >= 11 is 12.7. The van der Waals surface area contributed by atoms with E-state index in [1.54, 1.807) is 6.20 Å². The summed E-state index contributed by atoms with van der Waals surface area (Å²) in [5.41, 5.74) is 3.08. The zero-order valence-electron chi connectivity index (χ0n) is 30.4. The molecule has 4 aromatic rings. The molecule has 1 aromatic heterocycles. The molecule has 0 saturated carbocycles. The Morgan fingerprint density at radius 2 is 1.56 bits per heavy atom. The highest BCUT2D eigenvalue weighted by molar-refractivity contribution is 6.30. The Bertz CT molecular complexity index is 1910. The second-order valence-electron chi connectivity index (χ2n) is 14.5. The van der Waals surface area contributed by atoms with E-state index in [1.165, 1.54) is 0 Å². The Balaban J connectivity index is 1.39. The van der Waals surface area contributed by atoms with Crippen LogP contribution in [0.5, 0.6) is 5.75 Å². The fraction of sp³-hybridized carbons (Fsp3) is 0.366. The first kappa shape index (κ1) is 37.3. The number of ether oxygens (including phenoxy) is 1. The molecule has 2 aliphatic heterocycles. The third-order valence-corrected chi connectivity index (χ3v) is 10.2. The van der Waals surface area contributed by atoms with E-state index >= 15 is 4.79 Å².